The van der Waals surface area contributed by atoms with E-state index < -0.39 is 19.4 Å². The van der Waals surface area contributed by atoms with Gasteiger partial charge in [-0.1, -0.05) is 31.7 Å². The summed E-state index contributed by atoms with van der Waals surface area (Å²) in [6.07, 6.45) is 4.90. The van der Waals surface area contributed by atoms with Crippen LogP contribution in [0.2, 0.25) is 12.1 Å². The van der Waals surface area contributed by atoms with Crippen molar-refractivity contribution in [3.8, 4) is 0 Å². The number of nitrogens with zero attached hydrogens (tertiary/aromatic N) is 5. The molecule has 0 aliphatic rings. The average Bonchev–Trinajstić information content (AvgIpc) is 2.21. The van der Waals surface area contributed by atoms with Crippen molar-refractivity contribution in [1.82, 2.24) is 4.91 Å². The number of unbranched alkanes of at least 4 members (excludes halogenated alkanes) is 3. The maximum Gasteiger partial charge on any atom is 1.00 e. The Morgan fingerprint density at radius 2 is 1.60 bits per heavy atom. The first-order valence-corrected chi connectivity index (χ1v) is 8.22. The quantitative estimate of drug-likeness (QED) is 0.174. The Bertz CT molecular complexity index is 207. The fourth-order valence-corrected chi connectivity index (χ4v) is 2.79. The molecule has 0 unspecified atom stereocenters. The van der Waals surface area contributed by atoms with E-state index in [0.717, 1.165) is 12.1 Å². The number of hydrogen-bond donors (Lipinski definition) is 1. The average molecular weight is 270 g/mol. The molecule has 0 bridgehead atoms. The summed E-state index contributed by atoms with van der Waals surface area (Å²) >= 11 is 0. The van der Waals surface area contributed by atoms with E-state index >= 15 is 0 Å². The minimum absolute atomic E-state index is 0. The smallest absolute Gasteiger partial charge is 1.00 e. The Balaban J connectivity index is -0.000000845. The van der Waals surface area contributed by atoms with Crippen LogP contribution in [0.5, 0.6) is 0 Å². The Kier molecular flexibility index (Phi) is 20.6. The van der Waals surface area contributed by atoms with E-state index in [4.69, 9.17) is 11.1 Å². The Hall–Kier alpha value is 0.690. The molecule has 0 fully saturated rings. The second kappa shape index (κ2) is 17.1. The van der Waals surface area contributed by atoms with Crippen molar-refractivity contribution in [3.05, 3.63) is 10.4 Å². The summed E-state index contributed by atoms with van der Waals surface area (Å²) in [7, 11) is -0.901. The van der Waals surface area contributed by atoms with Gasteiger partial charge in [0.05, 0.1) is 0 Å². The summed E-state index contributed by atoms with van der Waals surface area (Å²) < 4.78 is 7.32. The van der Waals surface area contributed by atoms with E-state index in [1.54, 1.807) is 0 Å². The summed E-state index contributed by atoms with van der Waals surface area (Å²) in [5, 5.41) is 0. The second-order valence-electron chi connectivity index (χ2n) is 3.04. The first-order chi connectivity index (χ1) is 6.91. The molecule has 0 radical (unpaired) electrons. The van der Waals surface area contributed by atoms with Crippen LogP contribution in [-0.4, -0.2) is 19.4 Å². The molecule has 1 N–H and O–H groups in total. The molecule has 6 nitrogen and oxygen atoms in total. The van der Waals surface area contributed by atoms with E-state index in [1.165, 1.54) is 25.7 Å². The predicted molar refractivity (Wildman–Crippen MR) is 62.7 cm³/mol. The van der Waals surface area contributed by atoms with Crippen LogP contribution in [0.4, 0.5) is 0 Å². The van der Waals surface area contributed by atoms with Crippen molar-refractivity contribution >= 4 is 19.4 Å². The molecule has 0 aromatic heterocycles. The van der Waals surface area contributed by atoms with Crippen LogP contribution in [-0.2, 0) is 0 Å². The summed E-state index contributed by atoms with van der Waals surface area (Å²) in [6, 6.07) is 2.30. The van der Waals surface area contributed by atoms with Gasteiger partial charge >= 0.3 is 51.4 Å². The van der Waals surface area contributed by atoms with Crippen LogP contribution in [0, 0.1) is 5.53 Å². The van der Waals surface area contributed by atoms with Gasteiger partial charge in [-0.3, -0.25) is 0 Å². The molecule has 0 aromatic rings. The largest absolute Gasteiger partial charge is 1.00 e. The molecule has 0 saturated heterocycles. The SMILES string of the molecule is [H-].[K+].[N-]=[N+]=N[SiH2]CCCCCC[SiH2]N=[N+]=N. The minimum atomic E-state index is -0.478. The van der Waals surface area contributed by atoms with Gasteiger partial charge in [-0.05, 0) is 16.5 Å². The van der Waals surface area contributed by atoms with Gasteiger partial charge in [0.1, 0.15) is 15.2 Å². The molecule has 15 heavy (non-hydrogen) atoms. The van der Waals surface area contributed by atoms with E-state index in [9.17, 15) is 0 Å². The summed E-state index contributed by atoms with van der Waals surface area (Å²) in [5.41, 5.74) is 14.5. The summed E-state index contributed by atoms with van der Waals surface area (Å²) in [6.45, 7) is 0. The van der Waals surface area contributed by atoms with Crippen molar-refractivity contribution in [3.63, 3.8) is 0 Å². The fourth-order valence-electron chi connectivity index (χ4n) is 1.17. The third-order valence-corrected chi connectivity index (χ3v) is 4.20. The zero-order chi connectivity index (χ0) is 10.5. The van der Waals surface area contributed by atoms with Gasteiger partial charge in [-0.15, -0.1) is 4.78 Å². The zero-order valence-corrected chi connectivity index (χ0v) is 15.3. The maximum atomic E-state index is 8.05. The van der Waals surface area contributed by atoms with Gasteiger partial charge in [0.2, 0.25) is 4.91 Å². The molecule has 0 amide bonds. The Labute approximate surface area is 139 Å². The van der Waals surface area contributed by atoms with E-state index in [-0.39, 0.29) is 52.8 Å². The monoisotopic (exact) mass is 269 g/mol. The molecule has 0 spiro atoms. The van der Waals surface area contributed by atoms with Crippen LogP contribution in [0.1, 0.15) is 27.1 Å². The van der Waals surface area contributed by atoms with Crippen molar-refractivity contribution in [2.75, 3.05) is 0 Å². The number of azide groups is 1. The molecule has 0 rings (SSSR count). The standard InChI is InChI=1S/C6H17N6Si2.K.H/c7-9-11-13-5-3-1-2-4-6-14-12-10-8;;/h7H,1-6,13-14H2;;/q2*+1;-1. The van der Waals surface area contributed by atoms with E-state index in [0.29, 0.717) is 0 Å². The molecule has 0 aliphatic heterocycles. The molecule has 0 saturated carbocycles. The number of hydrogen-bond acceptors (Lipinski definition) is 3. The maximum absolute atomic E-state index is 8.05. The van der Waals surface area contributed by atoms with Crippen LogP contribution in [0.25, 0.3) is 10.4 Å². The molecular formula is C6H18KN6Si2+. The van der Waals surface area contributed by atoms with Crippen molar-refractivity contribution in [1.29, 1.82) is 5.53 Å². The third-order valence-electron chi connectivity index (χ3n) is 1.90. The first kappa shape index (κ1) is 18.1. The predicted octanol–water partition coefficient (Wildman–Crippen LogP) is -1.47. The van der Waals surface area contributed by atoms with Crippen molar-refractivity contribution in [2.24, 2.45) is 9.56 Å². The van der Waals surface area contributed by atoms with E-state index in [1.807, 2.05) is 0 Å². The van der Waals surface area contributed by atoms with Crippen molar-refractivity contribution in [2.45, 2.75) is 37.8 Å². The van der Waals surface area contributed by atoms with Gasteiger partial charge in [0.25, 0.3) is 9.68 Å². The van der Waals surface area contributed by atoms with E-state index in [2.05, 4.69) is 19.4 Å². The summed E-state index contributed by atoms with van der Waals surface area (Å²) in [5.74, 6) is 0. The van der Waals surface area contributed by atoms with Gasteiger partial charge in [-0.25, -0.2) is 0 Å². The molecule has 0 atom stereocenters. The van der Waals surface area contributed by atoms with Crippen LogP contribution < -0.4 is 56.3 Å². The van der Waals surface area contributed by atoms with Gasteiger partial charge in [0, 0.05) is 4.78 Å². The van der Waals surface area contributed by atoms with Crippen molar-refractivity contribution < 1.29 is 52.8 Å². The minimum Gasteiger partial charge on any atom is -1.00 e. The molecule has 0 aliphatic carbocycles. The molecule has 0 aromatic carbocycles. The normalized spacial score (nSPS) is 9.87. The topological polar surface area (TPSA) is 99.1 Å². The second-order valence-corrected chi connectivity index (χ2v) is 5.92. The molecule has 0 heterocycles. The fraction of sp³-hybridized carbons (Fsp3) is 1.00. The van der Waals surface area contributed by atoms with Gasteiger partial charge < -0.3 is 1.43 Å². The number of nitrogens with one attached hydrogen (secondary N) is 1. The Morgan fingerprint density at radius 1 is 1.07 bits per heavy atom. The zero-order valence-electron chi connectivity index (χ0n) is 10.4. The van der Waals surface area contributed by atoms with Crippen LogP contribution in [0.15, 0.2) is 9.56 Å². The third kappa shape index (κ3) is 17.3. The molecule has 80 valence electrons. The summed E-state index contributed by atoms with van der Waals surface area (Å²) in [4.78, 5) is 5.75. The Morgan fingerprint density at radius 3 is 2.07 bits per heavy atom. The van der Waals surface area contributed by atoms with Gasteiger partial charge in [0.15, 0.2) is 0 Å². The van der Waals surface area contributed by atoms with Crippen LogP contribution >= 0.6 is 0 Å². The first-order valence-electron chi connectivity index (χ1n) is 4.96. The van der Waals surface area contributed by atoms with Gasteiger partial charge in [-0.2, -0.15) is 0 Å². The number of rotatable bonds is 9. The van der Waals surface area contributed by atoms with Crippen LogP contribution in [0.3, 0.4) is 0 Å². The molecular weight excluding hydrogens is 251 g/mol. The molecule has 9 heteroatoms.